The van der Waals surface area contributed by atoms with Gasteiger partial charge in [-0.15, -0.1) is 122 Å². The summed E-state index contributed by atoms with van der Waals surface area (Å²) in [7, 11) is 0. The van der Waals surface area contributed by atoms with Crippen molar-refractivity contribution in [1.82, 2.24) is 14.7 Å². The fourth-order valence-corrected chi connectivity index (χ4v) is 8.00. The van der Waals surface area contributed by atoms with E-state index < -0.39 is 18.3 Å². The van der Waals surface area contributed by atoms with Gasteiger partial charge in [-0.1, -0.05) is 126 Å². The van der Waals surface area contributed by atoms with Crippen molar-refractivity contribution < 1.29 is 108 Å². The molecule has 0 aliphatic heterocycles. The van der Waals surface area contributed by atoms with E-state index in [4.69, 9.17) is 0 Å². The maximum Gasteiger partial charge on any atom is 2.00 e. The molecule has 9 aromatic rings. The number of carbonyl (C=O) groups excluding carboxylic acids is 3. The van der Waals surface area contributed by atoms with Crippen molar-refractivity contribution in [3.05, 3.63) is 234 Å². The molecule has 0 aliphatic rings. The summed E-state index contributed by atoms with van der Waals surface area (Å²) in [5.74, 6) is 0. The molecule has 9 rings (SSSR count). The number of nitrogens with zero attached hydrogens (tertiary/aromatic N) is 3. The van der Waals surface area contributed by atoms with Crippen LogP contribution in [0.1, 0.15) is 74.9 Å². The number of hydrogen-bond acceptors (Lipinski definition) is 6. The molecular formula is C63H69N3O6Zr3. The van der Waals surface area contributed by atoms with Crippen LogP contribution in [0, 0.1) is 0 Å². The summed E-state index contributed by atoms with van der Waals surface area (Å²) in [4.78, 5) is 33.6. The predicted molar refractivity (Wildman–Crippen MR) is 291 cm³/mol. The molecule has 12 heteroatoms. The quantitative estimate of drug-likeness (QED) is 0.112. The number of rotatable bonds is 12. The fourth-order valence-electron chi connectivity index (χ4n) is 8.00. The van der Waals surface area contributed by atoms with E-state index in [1.807, 2.05) is 0 Å². The molecule has 0 fully saturated rings. The van der Waals surface area contributed by atoms with E-state index in [1.54, 1.807) is 41.5 Å². The van der Waals surface area contributed by atoms with Crippen molar-refractivity contribution >= 4 is 50.6 Å². The molecule has 0 heterocycles. The van der Waals surface area contributed by atoms with Crippen molar-refractivity contribution in [3.63, 3.8) is 0 Å². The Kier molecular flexibility index (Phi) is 34.4. The zero-order valence-electron chi connectivity index (χ0n) is 44.2. The van der Waals surface area contributed by atoms with Crippen molar-refractivity contribution in [3.8, 4) is 0 Å². The third-order valence-electron chi connectivity index (χ3n) is 12.1. The Bertz CT molecular complexity index is 2610. The summed E-state index contributed by atoms with van der Waals surface area (Å²) in [6, 6.07) is 70.9. The third kappa shape index (κ3) is 23.2. The van der Waals surface area contributed by atoms with Crippen LogP contribution in [-0.4, -0.2) is 72.2 Å². The van der Waals surface area contributed by atoms with E-state index in [0.29, 0.717) is 39.3 Å². The van der Waals surface area contributed by atoms with E-state index in [2.05, 4.69) is 200 Å². The zero-order chi connectivity index (χ0) is 52.1. The number of carboxylic acid groups (broad SMARTS) is 3. The van der Waals surface area contributed by atoms with Gasteiger partial charge >= 0.3 is 78.6 Å². The largest absolute Gasteiger partial charge is 2.00 e. The normalized spacial score (nSPS) is 9.68. The number of hydrogen-bond donors (Lipinski definition) is 0. The van der Waals surface area contributed by atoms with E-state index in [1.165, 1.54) is 80.4 Å². The van der Waals surface area contributed by atoms with Crippen molar-refractivity contribution in [2.45, 2.75) is 60.8 Å². The van der Waals surface area contributed by atoms with Gasteiger partial charge in [0.05, 0.1) is 0 Å². The van der Waals surface area contributed by atoms with Crippen LogP contribution < -0.4 is 15.3 Å². The van der Waals surface area contributed by atoms with Crippen LogP contribution in [0.3, 0.4) is 0 Å². The molecule has 0 unspecified atom stereocenters. The molecule has 0 aliphatic carbocycles. The Morgan fingerprint density at radius 1 is 0.320 bits per heavy atom. The molecular weight excluding hydrogens is 1170 g/mol. The number of amides is 3. The first kappa shape index (κ1) is 67.6. The van der Waals surface area contributed by atoms with Gasteiger partial charge in [0, 0.05) is 39.3 Å². The van der Waals surface area contributed by atoms with Crippen LogP contribution >= 0.6 is 0 Å². The Hall–Kier alpha value is -5.39. The van der Waals surface area contributed by atoms with Gasteiger partial charge < -0.3 is 44.4 Å². The van der Waals surface area contributed by atoms with E-state index in [9.17, 15) is 29.7 Å². The Balaban J connectivity index is 0.000000461. The smallest absolute Gasteiger partial charge is 0.530 e. The second kappa shape index (κ2) is 38.2. The van der Waals surface area contributed by atoms with E-state index >= 15 is 0 Å². The minimum Gasteiger partial charge on any atom is -0.530 e. The summed E-state index contributed by atoms with van der Waals surface area (Å²) < 4.78 is 0. The molecule has 0 radical (unpaired) electrons. The molecule has 0 bridgehead atoms. The summed E-state index contributed by atoms with van der Waals surface area (Å²) >= 11 is 0. The molecule has 0 saturated carbocycles. The molecule has 75 heavy (non-hydrogen) atoms. The van der Waals surface area contributed by atoms with E-state index in [0.717, 1.165) is 19.3 Å². The molecule has 9 nitrogen and oxygen atoms in total. The van der Waals surface area contributed by atoms with Crippen LogP contribution in [0.25, 0.3) is 32.3 Å². The molecule has 0 aromatic heterocycles. The minimum atomic E-state index is -1.09. The zero-order valence-corrected chi connectivity index (χ0v) is 51.6. The van der Waals surface area contributed by atoms with Crippen LogP contribution in [0.5, 0.6) is 0 Å². The van der Waals surface area contributed by atoms with Gasteiger partial charge in [0.25, 0.3) is 0 Å². The summed E-state index contributed by atoms with van der Waals surface area (Å²) in [6.45, 7) is 13.7. The maximum atomic E-state index is 9.98. The molecule has 0 atom stereocenters. The molecule has 0 saturated heterocycles. The average molecular weight is 1240 g/mol. The first-order chi connectivity index (χ1) is 35.0. The van der Waals surface area contributed by atoms with Crippen molar-refractivity contribution in [1.29, 1.82) is 0 Å². The van der Waals surface area contributed by atoms with Crippen LogP contribution in [0.4, 0.5) is 14.4 Å². The average Bonchev–Trinajstić information content (AvgIpc) is 4.14. The number of carbonyl (C=O) groups is 3. The Labute approximate surface area is 502 Å². The SMILES string of the molecule is CCN(CC)C(=O)[O-].CCN(CC)C(=O)[O-].CCN(CC)C(=O)[O-].[Zr+2].[Zr+2].[Zr+2].c1ccc(C[c-]2ccc3ccccc32)cc1.c1ccc(C[c-]2ccc3ccccc32)cc1.c1ccc(C[c-]2ccc3ccccc32)cc1. The van der Waals surface area contributed by atoms with Crippen molar-refractivity contribution in [2.24, 2.45) is 0 Å². The predicted octanol–water partition coefficient (Wildman–Crippen LogP) is 11.5. The molecule has 384 valence electrons. The second-order valence-electron chi connectivity index (χ2n) is 16.6. The minimum absolute atomic E-state index is 0. The fraction of sp³-hybridized carbons (Fsp3) is 0.238. The molecule has 0 N–H and O–H groups in total. The van der Waals surface area contributed by atoms with Crippen LogP contribution in [0.2, 0.25) is 0 Å². The topological polar surface area (TPSA) is 130 Å². The summed E-state index contributed by atoms with van der Waals surface area (Å²) in [6.07, 6.45) is -0.197. The van der Waals surface area contributed by atoms with Crippen molar-refractivity contribution in [2.75, 3.05) is 39.3 Å². The van der Waals surface area contributed by atoms with Gasteiger partial charge in [-0.05, 0) is 60.8 Å². The second-order valence-corrected chi connectivity index (χ2v) is 16.6. The monoisotopic (exact) mass is 1230 g/mol. The summed E-state index contributed by atoms with van der Waals surface area (Å²) in [5, 5.41) is 38.1. The third-order valence-corrected chi connectivity index (χ3v) is 12.1. The van der Waals surface area contributed by atoms with Gasteiger partial charge in [-0.25, -0.2) is 0 Å². The first-order valence-corrected chi connectivity index (χ1v) is 24.9. The van der Waals surface area contributed by atoms with Gasteiger partial charge in [0.2, 0.25) is 0 Å². The van der Waals surface area contributed by atoms with Gasteiger partial charge in [-0.2, -0.15) is 18.2 Å². The number of fused-ring (bicyclic) bond motifs is 3. The first-order valence-electron chi connectivity index (χ1n) is 24.9. The molecule has 3 amide bonds. The number of benzene rings is 6. The standard InChI is InChI=1S/3C16H13.3C5H11NO2.3Zr/c3*1-2-6-13(7-3-1)12-15-11-10-14-8-4-5-9-16(14)15;3*1-3-6(4-2)5(7)8;;;/h3*1-11H,12H2;3*3-4H2,1-2H3,(H,7,8);;;/q3*-1;;;;3*+2/p-3. The molecule has 9 aromatic carbocycles. The van der Waals surface area contributed by atoms with Gasteiger partial charge in [0.15, 0.2) is 0 Å². The Morgan fingerprint density at radius 2 is 0.520 bits per heavy atom. The maximum absolute atomic E-state index is 9.98. The van der Waals surface area contributed by atoms with E-state index in [-0.39, 0.29) is 78.6 Å². The van der Waals surface area contributed by atoms with Crippen LogP contribution in [0.15, 0.2) is 200 Å². The van der Waals surface area contributed by atoms with Crippen LogP contribution in [-0.2, 0) is 97.9 Å². The molecule has 0 spiro atoms. The Morgan fingerprint density at radius 3 is 0.707 bits per heavy atom. The van der Waals surface area contributed by atoms with Gasteiger partial charge in [0.1, 0.15) is 18.3 Å². The summed E-state index contributed by atoms with van der Waals surface area (Å²) in [5.41, 5.74) is 8.38. The van der Waals surface area contributed by atoms with Gasteiger partial charge in [-0.3, -0.25) is 0 Å².